The Kier molecular flexibility index (Phi) is 3.70. The van der Waals surface area contributed by atoms with Crippen LogP contribution in [0.1, 0.15) is 42.8 Å². The van der Waals surface area contributed by atoms with Gasteiger partial charge in [-0.25, -0.2) is 4.98 Å². The number of imidazole rings is 1. The van der Waals surface area contributed by atoms with Gasteiger partial charge in [-0.1, -0.05) is 24.3 Å². The van der Waals surface area contributed by atoms with Gasteiger partial charge in [-0.3, -0.25) is 0 Å². The number of aromatic nitrogens is 2. The van der Waals surface area contributed by atoms with Crippen LogP contribution < -0.4 is 5.32 Å². The number of hydrogen-bond donors (Lipinski definition) is 2. The SMILES string of the molecule is CC=Cc1ccc(-c2cnc(C3CCCN3)[nH]2)cc1C. The predicted molar refractivity (Wildman–Crippen MR) is 83.4 cm³/mol. The first-order valence-corrected chi connectivity index (χ1v) is 7.30. The molecule has 104 valence electrons. The minimum Gasteiger partial charge on any atom is -0.341 e. The van der Waals surface area contributed by atoms with Gasteiger partial charge in [0.15, 0.2) is 0 Å². The van der Waals surface area contributed by atoms with Crippen LogP contribution in [0.3, 0.4) is 0 Å². The maximum Gasteiger partial charge on any atom is 0.123 e. The van der Waals surface area contributed by atoms with Crippen LogP contribution in [-0.4, -0.2) is 16.5 Å². The fourth-order valence-electron chi connectivity index (χ4n) is 2.79. The number of nitrogens with one attached hydrogen (secondary N) is 2. The van der Waals surface area contributed by atoms with E-state index in [9.17, 15) is 0 Å². The predicted octanol–water partition coefficient (Wildman–Crippen LogP) is 3.84. The molecule has 0 radical (unpaired) electrons. The fourth-order valence-corrected chi connectivity index (χ4v) is 2.79. The Hall–Kier alpha value is -1.87. The summed E-state index contributed by atoms with van der Waals surface area (Å²) in [5.41, 5.74) is 4.86. The molecule has 0 bridgehead atoms. The zero-order valence-electron chi connectivity index (χ0n) is 12.1. The number of allylic oxidation sites excluding steroid dienone is 1. The highest BCUT2D eigenvalue weighted by molar-refractivity contribution is 5.64. The van der Waals surface area contributed by atoms with E-state index in [0.717, 1.165) is 18.1 Å². The van der Waals surface area contributed by atoms with Crippen molar-refractivity contribution in [1.82, 2.24) is 15.3 Å². The van der Waals surface area contributed by atoms with Crippen LogP contribution in [0.15, 0.2) is 30.5 Å². The van der Waals surface area contributed by atoms with E-state index in [1.807, 2.05) is 13.1 Å². The smallest absolute Gasteiger partial charge is 0.123 e. The number of rotatable bonds is 3. The fraction of sp³-hybridized carbons (Fsp3) is 0.353. The molecule has 2 aromatic rings. The van der Waals surface area contributed by atoms with Gasteiger partial charge in [-0.15, -0.1) is 0 Å². The molecule has 2 N–H and O–H groups in total. The van der Waals surface area contributed by atoms with E-state index in [2.05, 4.69) is 52.6 Å². The van der Waals surface area contributed by atoms with E-state index in [1.54, 1.807) is 0 Å². The lowest BCUT2D eigenvalue weighted by Crippen LogP contribution is -2.14. The number of nitrogens with zero attached hydrogens (tertiary/aromatic N) is 1. The zero-order valence-corrected chi connectivity index (χ0v) is 12.1. The lowest BCUT2D eigenvalue weighted by molar-refractivity contribution is 0.613. The second kappa shape index (κ2) is 5.63. The quantitative estimate of drug-likeness (QED) is 0.887. The molecule has 1 aromatic carbocycles. The number of aromatic amines is 1. The first kappa shape index (κ1) is 13.1. The van der Waals surface area contributed by atoms with Crippen LogP contribution in [0, 0.1) is 6.92 Å². The Morgan fingerprint density at radius 1 is 1.35 bits per heavy atom. The topological polar surface area (TPSA) is 40.7 Å². The molecule has 1 fully saturated rings. The lowest BCUT2D eigenvalue weighted by atomic mass is 10.0. The first-order chi connectivity index (χ1) is 9.78. The molecule has 1 aliphatic rings. The maximum atomic E-state index is 4.53. The van der Waals surface area contributed by atoms with Crippen molar-refractivity contribution in [3.05, 3.63) is 47.4 Å². The summed E-state index contributed by atoms with van der Waals surface area (Å²) in [5, 5.41) is 3.47. The van der Waals surface area contributed by atoms with Crippen LogP contribution >= 0.6 is 0 Å². The van der Waals surface area contributed by atoms with Gasteiger partial charge in [0.1, 0.15) is 5.82 Å². The minimum absolute atomic E-state index is 0.396. The Balaban J connectivity index is 1.87. The number of aryl methyl sites for hydroxylation is 1. The number of benzene rings is 1. The molecule has 2 heterocycles. The second-order valence-corrected chi connectivity index (χ2v) is 5.40. The summed E-state index contributed by atoms with van der Waals surface area (Å²) in [6, 6.07) is 6.93. The van der Waals surface area contributed by atoms with Gasteiger partial charge in [0.05, 0.1) is 17.9 Å². The van der Waals surface area contributed by atoms with Crippen LogP contribution in [0.2, 0.25) is 0 Å². The molecule has 1 atom stereocenters. The van der Waals surface area contributed by atoms with Crippen molar-refractivity contribution in [3.63, 3.8) is 0 Å². The third-order valence-corrected chi connectivity index (χ3v) is 3.91. The summed E-state index contributed by atoms with van der Waals surface area (Å²) < 4.78 is 0. The van der Waals surface area contributed by atoms with Crippen molar-refractivity contribution < 1.29 is 0 Å². The normalized spacial score (nSPS) is 19.0. The van der Waals surface area contributed by atoms with Crippen LogP contribution in [0.4, 0.5) is 0 Å². The van der Waals surface area contributed by atoms with Gasteiger partial charge in [0.25, 0.3) is 0 Å². The average Bonchev–Trinajstić information content (AvgIpc) is 3.11. The molecule has 1 aliphatic heterocycles. The molecule has 0 amide bonds. The molecule has 3 heteroatoms. The third kappa shape index (κ3) is 2.54. The van der Waals surface area contributed by atoms with Gasteiger partial charge >= 0.3 is 0 Å². The Labute approximate surface area is 120 Å². The largest absolute Gasteiger partial charge is 0.341 e. The van der Waals surface area contributed by atoms with Gasteiger partial charge in [0.2, 0.25) is 0 Å². The highest BCUT2D eigenvalue weighted by Gasteiger charge is 2.19. The monoisotopic (exact) mass is 267 g/mol. The number of hydrogen-bond acceptors (Lipinski definition) is 2. The van der Waals surface area contributed by atoms with Gasteiger partial charge in [-0.2, -0.15) is 0 Å². The Morgan fingerprint density at radius 2 is 2.25 bits per heavy atom. The van der Waals surface area contributed by atoms with Crippen LogP contribution in [0.25, 0.3) is 17.3 Å². The average molecular weight is 267 g/mol. The Morgan fingerprint density at radius 3 is 2.95 bits per heavy atom. The van der Waals surface area contributed by atoms with E-state index in [4.69, 9.17) is 0 Å². The van der Waals surface area contributed by atoms with Crippen molar-refractivity contribution in [1.29, 1.82) is 0 Å². The standard InChI is InChI=1S/C17H21N3/c1-3-5-13-7-8-14(10-12(13)2)16-11-19-17(20-16)15-6-4-9-18-15/h3,5,7-8,10-11,15,18H,4,6,9H2,1-2H3,(H,19,20). The molecule has 1 saturated heterocycles. The summed E-state index contributed by atoms with van der Waals surface area (Å²) in [6.07, 6.45) is 8.56. The summed E-state index contributed by atoms with van der Waals surface area (Å²) in [4.78, 5) is 7.99. The molecule has 0 saturated carbocycles. The molecular weight excluding hydrogens is 246 g/mol. The van der Waals surface area contributed by atoms with Crippen molar-refractivity contribution in [3.8, 4) is 11.3 Å². The molecular formula is C17H21N3. The zero-order chi connectivity index (χ0) is 13.9. The van der Waals surface area contributed by atoms with Crippen molar-refractivity contribution in [2.75, 3.05) is 6.54 Å². The van der Waals surface area contributed by atoms with Gasteiger partial charge in [0, 0.05) is 0 Å². The third-order valence-electron chi connectivity index (χ3n) is 3.91. The second-order valence-electron chi connectivity index (χ2n) is 5.40. The molecule has 1 unspecified atom stereocenters. The van der Waals surface area contributed by atoms with Crippen LogP contribution in [-0.2, 0) is 0 Å². The summed E-state index contributed by atoms with van der Waals surface area (Å²) in [5.74, 6) is 1.06. The highest BCUT2D eigenvalue weighted by atomic mass is 15.0. The first-order valence-electron chi connectivity index (χ1n) is 7.30. The molecule has 0 aliphatic carbocycles. The van der Waals surface area contributed by atoms with Crippen molar-refractivity contribution in [2.24, 2.45) is 0 Å². The van der Waals surface area contributed by atoms with E-state index >= 15 is 0 Å². The van der Waals surface area contributed by atoms with E-state index in [1.165, 1.54) is 29.5 Å². The number of H-pyrrole nitrogens is 1. The molecule has 0 spiro atoms. The minimum atomic E-state index is 0.396. The lowest BCUT2D eigenvalue weighted by Gasteiger charge is -2.06. The van der Waals surface area contributed by atoms with Crippen molar-refractivity contribution >= 4 is 6.08 Å². The highest BCUT2D eigenvalue weighted by Crippen LogP contribution is 2.25. The van der Waals surface area contributed by atoms with Crippen molar-refractivity contribution in [2.45, 2.75) is 32.7 Å². The van der Waals surface area contributed by atoms with Gasteiger partial charge < -0.3 is 10.3 Å². The molecule has 3 nitrogen and oxygen atoms in total. The maximum absolute atomic E-state index is 4.53. The van der Waals surface area contributed by atoms with E-state index < -0.39 is 0 Å². The summed E-state index contributed by atoms with van der Waals surface area (Å²) in [6.45, 7) is 5.29. The Bertz CT molecular complexity index is 619. The summed E-state index contributed by atoms with van der Waals surface area (Å²) >= 11 is 0. The van der Waals surface area contributed by atoms with E-state index in [0.29, 0.717) is 6.04 Å². The molecule has 20 heavy (non-hydrogen) atoms. The van der Waals surface area contributed by atoms with E-state index in [-0.39, 0.29) is 0 Å². The molecule has 1 aromatic heterocycles. The summed E-state index contributed by atoms with van der Waals surface area (Å²) in [7, 11) is 0. The van der Waals surface area contributed by atoms with Gasteiger partial charge in [-0.05, 0) is 56.0 Å². The van der Waals surface area contributed by atoms with Crippen LogP contribution in [0.5, 0.6) is 0 Å². The molecule has 3 rings (SSSR count).